The van der Waals surface area contributed by atoms with Crippen LogP contribution >= 0.6 is 0 Å². The van der Waals surface area contributed by atoms with Crippen molar-refractivity contribution in [1.29, 1.82) is 0 Å². The van der Waals surface area contributed by atoms with Crippen LogP contribution in [0.25, 0.3) is 21.8 Å². The number of aryl methyl sites for hydroxylation is 1. The molecule has 1 fully saturated rings. The summed E-state index contributed by atoms with van der Waals surface area (Å²) < 4.78 is 11.9. The third-order valence-electron chi connectivity index (χ3n) is 6.77. The molecule has 5 rings (SSSR count). The predicted molar refractivity (Wildman–Crippen MR) is 144 cm³/mol. The maximum atomic E-state index is 11.9. The van der Waals surface area contributed by atoms with Crippen molar-refractivity contribution in [2.45, 2.75) is 45.4 Å². The van der Waals surface area contributed by atoms with Crippen molar-refractivity contribution in [2.24, 2.45) is 5.92 Å². The van der Waals surface area contributed by atoms with E-state index in [1.165, 1.54) is 5.56 Å². The molecule has 37 heavy (non-hydrogen) atoms. The number of amides is 1. The minimum absolute atomic E-state index is 0.164. The van der Waals surface area contributed by atoms with Gasteiger partial charge in [0, 0.05) is 30.5 Å². The average Bonchev–Trinajstić information content (AvgIpc) is 3.68. The Morgan fingerprint density at radius 3 is 2.62 bits per heavy atom. The number of hydrogen-bond acceptors (Lipinski definition) is 5. The Kier molecular flexibility index (Phi) is 7.68. The minimum Gasteiger partial charge on any atom is -0.490 e. The molecule has 1 aliphatic carbocycles. The van der Waals surface area contributed by atoms with Crippen LogP contribution in [0.1, 0.15) is 43.7 Å². The first-order chi connectivity index (χ1) is 18.1. The van der Waals surface area contributed by atoms with E-state index in [2.05, 4.69) is 45.6 Å². The summed E-state index contributed by atoms with van der Waals surface area (Å²) in [6.45, 7) is 3.05. The summed E-state index contributed by atoms with van der Waals surface area (Å²) in [5, 5.41) is 6.34. The molecule has 2 heterocycles. The lowest BCUT2D eigenvalue weighted by atomic mass is 9.99. The van der Waals surface area contributed by atoms with E-state index in [4.69, 9.17) is 9.47 Å². The second kappa shape index (κ2) is 11.5. The first kappa shape index (κ1) is 24.8. The Hall–Kier alpha value is -3.87. The molecule has 2 aromatic carbocycles. The van der Waals surface area contributed by atoms with Gasteiger partial charge in [-0.2, -0.15) is 0 Å². The zero-order valence-electron chi connectivity index (χ0n) is 21.2. The van der Waals surface area contributed by atoms with Gasteiger partial charge in [0.15, 0.2) is 0 Å². The summed E-state index contributed by atoms with van der Waals surface area (Å²) >= 11 is 0. The largest absolute Gasteiger partial charge is 0.490 e. The maximum absolute atomic E-state index is 11.9. The number of pyridine rings is 1. The van der Waals surface area contributed by atoms with Gasteiger partial charge in [-0.15, -0.1) is 0 Å². The summed E-state index contributed by atoms with van der Waals surface area (Å²) in [6.07, 6.45) is 8.74. The Labute approximate surface area is 216 Å². The Morgan fingerprint density at radius 2 is 1.81 bits per heavy atom. The summed E-state index contributed by atoms with van der Waals surface area (Å²) in [4.78, 5) is 30.8. The molecule has 0 aliphatic heterocycles. The summed E-state index contributed by atoms with van der Waals surface area (Å²) in [6, 6.07) is 14.4. The Morgan fingerprint density at radius 1 is 1.00 bits per heavy atom. The van der Waals surface area contributed by atoms with E-state index in [0.717, 1.165) is 65.2 Å². The predicted octanol–water partition coefficient (Wildman–Crippen LogP) is 5.15. The van der Waals surface area contributed by atoms with Crippen molar-refractivity contribution in [3.05, 3.63) is 66.0 Å². The van der Waals surface area contributed by atoms with Gasteiger partial charge in [0.2, 0.25) is 5.91 Å². The lowest BCUT2D eigenvalue weighted by Gasteiger charge is -2.11. The van der Waals surface area contributed by atoms with Crippen molar-refractivity contribution in [3.8, 4) is 11.5 Å². The number of benzene rings is 2. The standard InChI is InChI=1S/C30H33N3O4/c1-20(34)4-2-5-21-6-3-7-22-10-11-25(16-27(21)22)36-14-15-37-26-17-28-24(18-32-29(28)33-19-26)12-13-31-30(35)23-8-9-23/h3,6-7,10-11,16-19,23H,2,4-5,8-9,12-15H2,1H3,(H,31,35)(H,32,33). The Balaban J connectivity index is 1.14. The fraction of sp³-hybridized carbons (Fsp3) is 0.367. The van der Waals surface area contributed by atoms with E-state index >= 15 is 0 Å². The number of Topliss-reactive ketones (excluding diaryl/α,β-unsaturated/α-hetero) is 1. The molecule has 1 amide bonds. The SMILES string of the molecule is CC(=O)CCCc1cccc2ccc(OCCOc3cnc4[nH]cc(CCNC(=O)C5CC5)c4c3)cc12. The molecule has 2 aromatic heterocycles. The number of rotatable bonds is 13. The topological polar surface area (TPSA) is 93.3 Å². The molecular weight excluding hydrogens is 466 g/mol. The van der Waals surface area contributed by atoms with E-state index in [9.17, 15) is 9.59 Å². The quantitative estimate of drug-likeness (QED) is 0.248. The van der Waals surface area contributed by atoms with Crippen molar-refractivity contribution in [3.63, 3.8) is 0 Å². The molecule has 7 nitrogen and oxygen atoms in total. The van der Waals surface area contributed by atoms with Gasteiger partial charge >= 0.3 is 0 Å². The van der Waals surface area contributed by atoms with E-state index in [-0.39, 0.29) is 17.6 Å². The second-order valence-electron chi connectivity index (χ2n) is 9.75. The van der Waals surface area contributed by atoms with Gasteiger partial charge in [-0.05, 0) is 79.1 Å². The van der Waals surface area contributed by atoms with Crippen molar-refractivity contribution >= 4 is 33.5 Å². The van der Waals surface area contributed by atoms with Crippen LogP contribution in [0, 0.1) is 5.92 Å². The number of nitrogens with zero attached hydrogens (tertiary/aromatic N) is 1. The normalized spacial score (nSPS) is 13.1. The zero-order chi connectivity index (χ0) is 25.6. The highest BCUT2D eigenvalue weighted by molar-refractivity contribution is 5.87. The summed E-state index contributed by atoms with van der Waals surface area (Å²) in [5.41, 5.74) is 3.15. The molecule has 2 N–H and O–H groups in total. The number of nitrogens with one attached hydrogen (secondary N) is 2. The third kappa shape index (κ3) is 6.47. The number of ketones is 1. The molecule has 4 aromatic rings. The van der Waals surface area contributed by atoms with E-state index in [1.807, 2.05) is 18.3 Å². The van der Waals surface area contributed by atoms with Crippen LogP contribution in [0.4, 0.5) is 0 Å². The van der Waals surface area contributed by atoms with Crippen LogP contribution in [-0.2, 0) is 22.4 Å². The van der Waals surface area contributed by atoms with Gasteiger partial charge in [0.1, 0.15) is 36.1 Å². The summed E-state index contributed by atoms with van der Waals surface area (Å²) in [7, 11) is 0. The van der Waals surface area contributed by atoms with Crippen molar-refractivity contribution in [2.75, 3.05) is 19.8 Å². The molecule has 1 aliphatic rings. The second-order valence-corrected chi connectivity index (χ2v) is 9.75. The molecule has 0 radical (unpaired) electrons. The van der Waals surface area contributed by atoms with Crippen LogP contribution in [0.5, 0.6) is 11.5 Å². The summed E-state index contributed by atoms with van der Waals surface area (Å²) in [5.74, 6) is 2.10. The molecule has 1 saturated carbocycles. The van der Waals surface area contributed by atoms with Crippen LogP contribution in [-0.4, -0.2) is 41.4 Å². The van der Waals surface area contributed by atoms with Gasteiger partial charge in [0.25, 0.3) is 0 Å². The minimum atomic E-state index is 0.164. The molecule has 0 atom stereocenters. The van der Waals surface area contributed by atoms with Crippen molar-refractivity contribution < 1.29 is 19.1 Å². The molecule has 0 saturated heterocycles. The zero-order valence-corrected chi connectivity index (χ0v) is 21.2. The van der Waals surface area contributed by atoms with Gasteiger partial charge in [-0.3, -0.25) is 4.79 Å². The smallest absolute Gasteiger partial charge is 0.223 e. The van der Waals surface area contributed by atoms with Gasteiger partial charge in [-0.25, -0.2) is 4.98 Å². The van der Waals surface area contributed by atoms with E-state index < -0.39 is 0 Å². The highest BCUT2D eigenvalue weighted by Crippen LogP contribution is 2.29. The lowest BCUT2D eigenvalue weighted by molar-refractivity contribution is -0.122. The van der Waals surface area contributed by atoms with Crippen LogP contribution < -0.4 is 14.8 Å². The Bertz CT molecular complexity index is 1410. The maximum Gasteiger partial charge on any atom is 0.223 e. The van der Waals surface area contributed by atoms with Crippen LogP contribution in [0.2, 0.25) is 0 Å². The molecule has 0 unspecified atom stereocenters. The van der Waals surface area contributed by atoms with Gasteiger partial charge in [0.05, 0.1) is 6.20 Å². The monoisotopic (exact) mass is 499 g/mol. The number of carbonyl (C=O) groups excluding carboxylic acids is 2. The number of hydrogen-bond donors (Lipinski definition) is 2. The number of aromatic nitrogens is 2. The fourth-order valence-corrected chi connectivity index (χ4v) is 4.61. The molecular formula is C30H33N3O4. The van der Waals surface area contributed by atoms with Crippen LogP contribution in [0.15, 0.2) is 54.9 Å². The number of fused-ring (bicyclic) bond motifs is 2. The van der Waals surface area contributed by atoms with E-state index in [0.29, 0.717) is 31.9 Å². The van der Waals surface area contributed by atoms with Gasteiger partial charge in [-0.1, -0.05) is 24.3 Å². The number of aromatic amines is 1. The first-order valence-corrected chi connectivity index (χ1v) is 13.1. The van der Waals surface area contributed by atoms with Crippen molar-refractivity contribution in [1.82, 2.24) is 15.3 Å². The first-order valence-electron chi connectivity index (χ1n) is 13.1. The molecule has 0 bridgehead atoms. The number of ether oxygens (including phenoxy) is 2. The third-order valence-corrected chi connectivity index (χ3v) is 6.77. The lowest BCUT2D eigenvalue weighted by Crippen LogP contribution is -2.26. The van der Waals surface area contributed by atoms with E-state index in [1.54, 1.807) is 13.1 Å². The number of H-pyrrole nitrogens is 1. The average molecular weight is 500 g/mol. The molecule has 0 spiro atoms. The fourth-order valence-electron chi connectivity index (χ4n) is 4.61. The highest BCUT2D eigenvalue weighted by Gasteiger charge is 2.29. The highest BCUT2D eigenvalue weighted by atomic mass is 16.5. The van der Waals surface area contributed by atoms with Crippen LogP contribution in [0.3, 0.4) is 0 Å². The molecule has 7 heteroatoms. The number of carbonyl (C=O) groups is 2. The molecule has 192 valence electrons. The van der Waals surface area contributed by atoms with Gasteiger partial charge < -0.3 is 24.6 Å².